The number of hydrogen-bond acceptors (Lipinski definition) is 4. The van der Waals surface area contributed by atoms with Gasteiger partial charge >= 0.3 is 243 Å². The maximum absolute atomic E-state index is 7.20. The third-order valence-corrected chi connectivity index (χ3v) is 71.3. The first-order valence-electron chi connectivity index (χ1n) is 15.2. The van der Waals surface area contributed by atoms with E-state index >= 15 is 0 Å². The molecule has 0 aliphatic carbocycles. The second kappa shape index (κ2) is 27.9. The molecule has 0 heterocycles. The van der Waals surface area contributed by atoms with E-state index in [-0.39, 0.29) is 0 Å². The molecule has 0 aliphatic heterocycles. The summed E-state index contributed by atoms with van der Waals surface area (Å²) in [5, 5.41) is 0. The molecule has 218 valence electrons. The average molecular weight is 782 g/mol. The second-order valence-electron chi connectivity index (χ2n) is 9.97. The van der Waals surface area contributed by atoms with Crippen LogP contribution in [-0.4, -0.2) is 77.0 Å². The van der Waals surface area contributed by atoms with Gasteiger partial charge in [0, 0.05) is 0 Å². The van der Waals surface area contributed by atoms with Crippen molar-refractivity contribution < 1.29 is 10.6 Å². The zero-order valence-corrected chi connectivity index (χ0v) is 33.7. The summed E-state index contributed by atoms with van der Waals surface area (Å²) in [5.74, 6) is 0. The molecule has 9 heteroatoms. The van der Waals surface area contributed by atoms with E-state index in [0.29, 0.717) is 0 Å². The molecule has 0 saturated heterocycles. The van der Waals surface area contributed by atoms with E-state index < -0.39 is 37.2 Å². The van der Waals surface area contributed by atoms with Crippen molar-refractivity contribution in [2.45, 2.75) is 136 Å². The molecule has 0 amide bonds. The zero-order valence-electron chi connectivity index (χ0n) is 25.0. The third-order valence-electron chi connectivity index (χ3n) is 6.75. The van der Waals surface area contributed by atoms with Crippen molar-refractivity contribution in [1.29, 1.82) is 0 Å². The molecular formula is C27H63O4P3Sn2. The standard InChI is InChI=1S/3C8H18P.3CH3O.O.2Sn/c3*1-2-3-4-5-6-7-8-9;3*1-2;;;/h3*9H,2-8H2,1H3;3*1H3;;;/q6*-1;;2*+3. The second-order valence-corrected chi connectivity index (χ2v) is 52.6. The van der Waals surface area contributed by atoms with Crippen LogP contribution in [-0.2, 0) is 10.6 Å². The molecule has 0 fully saturated rings. The van der Waals surface area contributed by atoms with Crippen LogP contribution < -0.4 is 0 Å². The summed E-state index contributed by atoms with van der Waals surface area (Å²) in [6.07, 6.45) is 30.6. The molecule has 0 saturated carbocycles. The van der Waals surface area contributed by atoms with Crippen LogP contribution in [0, 0.1) is 0 Å². The Kier molecular flexibility index (Phi) is 30.0. The van der Waals surface area contributed by atoms with E-state index in [4.69, 9.17) is 10.6 Å². The normalized spacial score (nSPS) is 14.8. The Morgan fingerprint density at radius 3 is 1.08 bits per heavy atom. The van der Waals surface area contributed by atoms with Gasteiger partial charge in [0.1, 0.15) is 0 Å². The van der Waals surface area contributed by atoms with Crippen molar-refractivity contribution >= 4 is 55.9 Å². The van der Waals surface area contributed by atoms with Crippen LogP contribution >= 0.6 is 18.7 Å². The van der Waals surface area contributed by atoms with Crippen molar-refractivity contribution in [2.24, 2.45) is 0 Å². The first-order chi connectivity index (χ1) is 17.6. The summed E-state index contributed by atoms with van der Waals surface area (Å²) in [7, 11) is 5.67. The monoisotopic (exact) mass is 784 g/mol. The van der Waals surface area contributed by atoms with Crippen LogP contribution in [0.25, 0.3) is 0 Å². The maximum atomic E-state index is 7.20. The molecule has 0 radical (unpaired) electrons. The quantitative estimate of drug-likeness (QED) is 0.0431. The average Bonchev–Trinajstić information content (AvgIpc) is 2.90. The fourth-order valence-corrected chi connectivity index (χ4v) is 90.2. The van der Waals surface area contributed by atoms with E-state index in [1.807, 2.05) is 21.3 Å². The van der Waals surface area contributed by atoms with Crippen LogP contribution in [0.2, 0.25) is 0 Å². The molecule has 0 bridgehead atoms. The number of unbranched alkanes of at least 4 members (excludes halogenated alkanes) is 15. The summed E-state index contributed by atoms with van der Waals surface area (Å²) in [6, 6.07) is 0. The van der Waals surface area contributed by atoms with Gasteiger partial charge < -0.3 is 0 Å². The molecule has 0 aromatic carbocycles. The SMILES string of the molecule is CCCCCCCC[PH][Sn]([O]C)([O]C)[O][Sn]([O]C)([PH]CCCCCCCC)[PH]CCCCCCCC. The van der Waals surface area contributed by atoms with Crippen LogP contribution in [0.15, 0.2) is 0 Å². The molecule has 0 aromatic rings. The molecule has 0 rings (SSSR count). The molecule has 3 unspecified atom stereocenters. The van der Waals surface area contributed by atoms with Gasteiger partial charge in [0.2, 0.25) is 0 Å². The van der Waals surface area contributed by atoms with Gasteiger partial charge in [-0.3, -0.25) is 0 Å². The Morgan fingerprint density at radius 2 is 0.750 bits per heavy atom. The van der Waals surface area contributed by atoms with E-state index in [2.05, 4.69) is 20.8 Å². The molecule has 0 N–H and O–H groups in total. The summed E-state index contributed by atoms with van der Waals surface area (Å²) >= 11 is -6.73. The van der Waals surface area contributed by atoms with Gasteiger partial charge in [0.15, 0.2) is 0 Å². The summed E-state index contributed by atoms with van der Waals surface area (Å²) in [5.41, 5.74) is 0. The van der Waals surface area contributed by atoms with Crippen molar-refractivity contribution in [3.8, 4) is 0 Å². The van der Waals surface area contributed by atoms with Crippen LogP contribution in [0.5, 0.6) is 0 Å². The molecular weight excluding hydrogens is 719 g/mol. The van der Waals surface area contributed by atoms with Gasteiger partial charge in [0.05, 0.1) is 0 Å². The molecule has 36 heavy (non-hydrogen) atoms. The third kappa shape index (κ3) is 20.6. The molecule has 0 aromatic heterocycles. The van der Waals surface area contributed by atoms with Crippen molar-refractivity contribution in [1.82, 2.24) is 0 Å². The van der Waals surface area contributed by atoms with Crippen LogP contribution in [0.4, 0.5) is 0 Å². The molecule has 0 aliphatic rings. The Balaban J connectivity index is 4.95. The van der Waals surface area contributed by atoms with Gasteiger partial charge in [-0.15, -0.1) is 0 Å². The predicted molar refractivity (Wildman–Crippen MR) is 173 cm³/mol. The van der Waals surface area contributed by atoms with E-state index in [1.54, 1.807) is 0 Å². The Labute approximate surface area is 240 Å². The fraction of sp³-hybridized carbons (Fsp3) is 1.00. The molecule has 0 spiro atoms. The number of hydrogen-bond donors (Lipinski definition) is 0. The Hall–Kier alpha value is 2.73. The van der Waals surface area contributed by atoms with E-state index in [1.165, 1.54) is 134 Å². The Bertz CT molecular complexity index is 443. The topological polar surface area (TPSA) is 36.9 Å². The van der Waals surface area contributed by atoms with Gasteiger partial charge in [0.25, 0.3) is 0 Å². The summed E-state index contributed by atoms with van der Waals surface area (Å²) < 4.78 is 26.1. The van der Waals surface area contributed by atoms with Crippen LogP contribution in [0.3, 0.4) is 0 Å². The number of rotatable bonds is 29. The van der Waals surface area contributed by atoms with Gasteiger partial charge in [-0.1, -0.05) is 0 Å². The van der Waals surface area contributed by atoms with Gasteiger partial charge in [-0.2, -0.15) is 0 Å². The summed E-state index contributed by atoms with van der Waals surface area (Å²) in [6.45, 7) is 6.87. The first kappa shape index (κ1) is 38.7. The van der Waals surface area contributed by atoms with Crippen molar-refractivity contribution in [3.05, 3.63) is 0 Å². The van der Waals surface area contributed by atoms with Gasteiger partial charge in [-0.05, 0) is 0 Å². The predicted octanol–water partition coefficient (Wildman–Crippen LogP) is 9.93. The van der Waals surface area contributed by atoms with Crippen LogP contribution in [0.1, 0.15) is 136 Å². The minimum absolute atomic E-state index is 0.717. The summed E-state index contributed by atoms with van der Waals surface area (Å²) in [4.78, 5) is 0. The Morgan fingerprint density at radius 1 is 0.417 bits per heavy atom. The minimum atomic E-state index is -3.53. The van der Waals surface area contributed by atoms with Gasteiger partial charge in [-0.25, -0.2) is 0 Å². The van der Waals surface area contributed by atoms with E-state index in [9.17, 15) is 0 Å². The van der Waals surface area contributed by atoms with E-state index in [0.717, 1.165) is 18.7 Å². The van der Waals surface area contributed by atoms with Crippen molar-refractivity contribution in [3.63, 3.8) is 0 Å². The molecule has 3 atom stereocenters. The first-order valence-corrected chi connectivity index (χ1v) is 37.5. The molecule has 4 nitrogen and oxygen atoms in total. The fourth-order valence-electron chi connectivity index (χ4n) is 4.32. The zero-order chi connectivity index (χ0) is 26.8. The van der Waals surface area contributed by atoms with Crippen molar-refractivity contribution in [2.75, 3.05) is 39.8 Å².